The summed E-state index contributed by atoms with van der Waals surface area (Å²) in [5.74, 6) is 1.88. The number of nitrogens with zero attached hydrogens (tertiary/aromatic N) is 3. The number of pyridine rings is 1. The minimum Gasteiger partial charge on any atom is -0.494 e. The fourth-order valence-corrected chi connectivity index (χ4v) is 2.73. The van der Waals surface area contributed by atoms with E-state index in [0.29, 0.717) is 12.5 Å². The first kappa shape index (κ1) is 14.4. The molecular weight excluding hydrogens is 354 g/mol. The Labute approximate surface area is 135 Å². The Balaban J connectivity index is 2.20. The SMILES string of the molecule is CCOc1cccc(-n2c(CCl)nc3cc(Br)cnc32)c1. The van der Waals surface area contributed by atoms with E-state index in [9.17, 15) is 0 Å². The van der Waals surface area contributed by atoms with Crippen LogP contribution in [0.2, 0.25) is 0 Å². The molecule has 0 aliphatic rings. The molecule has 0 radical (unpaired) electrons. The first-order chi connectivity index (χ1) is 10.2. The number of halogens is 2. The normalized spacial score (nSPS) is 11.0. The number of hydrogen-bond donors (Lipinski definition) is 0. The van der Waals surface area contributed by atoms with Crippen LogP contribution in [0.1, 0.15) is 12.7 Å². The monoisotopic (exact) mass is 365 g/mol. The summed E-state index contributed by atoms with van der Waals surface area (Å²) >= 11 is 9.45. The van der Waals surface area contributed by atoms with Gasteiger partial charge in [0.15, 0.2) is 5.65 Å². The van der Waals surface area contributed by atoms with Gasteiger partial charge in [0.25, 0.3) is 0 Å². The molecular formula is C15H13BrClN3O. The zero-order valence-corrected chi connectivity index (χ0v) is 13.7. The van der Waals surface area contributed by atoms with Gasteiger partial charge in [-0.1, -0.05) is 6.07 Å². The Morgan fingerprint density at radius 3 is 2.95 bits per heavy atom. The van der Waals surface area contributed by atoms with Gasteiger partial charge in [0, 0.05) is 16.7 Å². The molecule has 0 atom stereocenters. The molecule has 2 aromatic heterocycles. The van der Waals surface area contributed by atoms with E-state index >= 15 is 0 Å². The largest absolute Gasteiger partial charge is 0.494 e. The lowest BCUT2D eigenvalue weighted by Gasteiger charge is -2.09. The topological polar surface area (TPSA) is 39.9 Å². The van der Waals surface area contributed by atoms with Gasteiger partial charge in [-0.2, -0.15) is 0 Å². The summed E-state index contributed by atoms with van der Waals surface area (Å²) in [6.07, 6.45) is 1.75. The molecule has 0 aliphatic heterocycles. The van der Waals surface area contributed by atoms with E-state index in [1.165, 1.54) is 0 Å². The molecule has 0 N–H and O–H groups in total. The molecule has 0 amide bonds. The molecule has 1 aromatic carbocycles. The van der Waals surface area contributed by atoms with Crippen LogP contribution in [0.5, 0.6) is 5.75 Å². The lowest BCUT2D eigenvalue weighted by molar-refractivity contribution is 0.340. The van der Waals surface area contributed by atoms with E-state index < -0.39 is 0 Å². The maximum absolute atomic E-state index is 6.04. The van der Waals surface area contributed by atoms with Crippen LogP contribution in [0.15, 0.2) is 41.0 Å². The Bertz CT molecular complexity index is 788. The Morgan fingerprint density at radius 1 is 1.33 bits per heavy atom. The van der Waals surface area contributed by atoms with Crippen LogP contribution in [0, 0.1) is 0 Å². The fraction of sp³-hybridized carbons (Fsp3) is 0.200. The highest BCUT2D eigenvalue weighted by atomic mass is 79.9. The fourth-order valence-electron chi connectivity index (χ4n) is 2.23. The number of ether oxygens (including phenoxy) is 1. The van der Waals surface area contributed by atoms with Crippen molar-refractivity contribution in [2.45, 2.75) is 12.8 Å². The van der Waals surface area contributed by atoms with Gasteiger partial charge in [-0.15, -0.1) is 11.6 Å². The molecule has 2 heterocycles. The number of alkyl halides is 1. The Hall–Kier alpha value is -1.59. The van der Waals surface area contributed by atoms with Crippen LogP contribution >= 0.6 is 27.5 Å². The van der Waals surface area contributed by atoms with Gasteiger partial charge in [-0.3, -0.25) is 4.57 Å². The summed E-state index contributed by atoms with van der Waals surface area (Å²) in [5, 5.41) is 0. The van der Waals surface area contributed by atoms with Crippen molar-refractivity contribution >= 4 is 38.7 Å². The molecule has 0 unspecified atom stereocenters. The molecule has 0 spiro atoms. The number of aromatic nitrogens is 3. The minimum atomic E-state index is 0.312. The lowest BCUT2D eigenvalue weighted by atomic mass is 10.3. The van der Waals surface area contributed by atoms with Crippen LogP contribution in [0.25, 0.3) is 16.9 Å². The number of benzene rings is 1. The second kappa shape index (κ2) is 6.03. The highest BCUT2D eigenvalue weighted by Crippen LogP contribution is 2.25. The van der Waals surface area contributed by atoms with Crippen LogP contribution in [-0.4, -0.2) is 21.1 Å². The van der Waals surface area contributed by atoms with Gasteiger partial charge in [0.2, 0.25) is 0 Å². The zero-order valence-electron chi connectivity index (χ0n) is 11.4. The van der Waals surface area contributed by atoms with Crippen LogP contribution in [-0.2, 0) is 5.88 Å². The lowest BCUT2D eigenvalue weighted by Crippen LogP contribution is -2.01. The predicted molar refractivity (Wildman–Crippen MR) is 87.3 cm³/mol. The Morgan fingerprint density at radius 2 is 2.19 bits per heavy atom. The van der Waals surface area contributed by atoms with Gasteiger partial charge in [0.05, 0.1) is 18.2 Å². The second-order valence-corrected chi connectivity index (χ2v) is 5.61. The number of rotatable bonds is 4. The molecule has 0 bridgehead atoms. The summed E-state index contributed by atoms with van der Waals surface area (Å²) in [7, 11) is 0. The first-order valence-electron chi connectivity index (χ1n) is 6.55. The van der Waals surface area contributed by atoms with E-state index in [1.807, 2.05) is 41.8 Å². The summed E-state index contributed by atoms with van der Waals surface area (Å²) in [6.45, 7) is 2.59. The summed E-state index contributed by atoms with van der Waals surface area (Å²) in [5.41, 5.74) is 2.53. The summed E-state index contributed by atoms with van der Waals surface area (Å²) in [6, 6.07) is 9.76. The third kappa shape index (κ3) is 2.76. The van der Waals surface area contributed by atoms with Crippen molar-refractivity contribution in [2.24, 2.45) is 0 Å². The Kier molecular flexibility index (Phi) is 4.12. The maximum Gasteiger partial charge on any atom is 0.164 e. The molecule has 4 nitrogen and oxygen atoms in total. The van der Waals surface area contributed by atoms with Gasteiger partial charge in [-0.25, -0.2) is 9.97 Å². The number of imidazole rings is 1. The average Bonchev–Trinajstić information content (AvgIpc) is 2.85. The molecule has 0 saturated carbocycles. The summed E-state index contributed by atoms with van der Waals surface area (Å²) < 4.78 is 8.40. The highest BCUT2D eigenvalue weighted by Gasteiger charge is 2.13. The average molecular weight is 367 g/mol. The van der Waals surface area contributed by atoms with E-state index in [1.54, 1.807) is 6.20 Å². The quantitative estimate of drug-likeness (QED) is 0.646. The van der Waals surface area contributed by atoms with Crippen molar-refractivity contribution < 1.29 is 4.74 Å². The molecule has 0 aliphatic carbocycles. The number of hydrogen-bond acceptors (Lipinski definition) is 3. The van der Waals surface area contributed by atoms with Crippen molar-refractivity contribution in [2.75, 3.05) is 6.61 Å². The van der Waals surface area contributed by atoms with Crippen molar-refractivity contribution in [3.05, 3.63) is 46.8 Å². The summed E-state index contributed by atoms with van der Waals surface area (Å²) in [4.78, 5) is 9.00. The molecule has 0 saturated heterocycles. The van der Waals surface area contributed by atoms with Crippen LogP contribution in [0.3, 0.4) is 0 Å². The van der Waals surface area contributed by atoms with Crippen molar-refractivity contribution in [1.29, 1.82) is 0 Å². The van der Waals surface area contributed by atoms with Gasteiger partial charge >= 0.3 is 0 Å². The third-order valence-corrected chi connectivity index (χ3v) is 3.71. The second-order valence-electron chi connectivity index (χ2n) is 4.42. The molecule has 21 heavy (non-hydrogen) atoms. The van der Waals surface area contributed by atoms with Gasteiger partial charge in [0.1, 0.15) is 17.1 Å². The van der Waals surface area contributed by atoms with E-state index in [2.05, 4.69) is 25.9 Å². The molecule has 6 heteroatoms. The first-order valence-corrected chi connectivity index (χ1v) is 7.87. The minimum absolute atomic E-state index is 0.312. The maximum atomic E-state index is 6.04. The number of fused-ring (bicyclic) bond motifs is 1. The molecule has 3 rings (SSSR count). The van der Waals surface area contributed by atoms with Crippen LogP contribution < -0.4 is 4.74 Å². The van der Waals surface area contributed by atoms with Crippen LogP contribution in [0.4, 0.5) is 0 Å². The molecule has 3 aromatic rings. The van der Waals surface area contributed by atoms with Gasteiger partial charge < -0.3 is 4.74 Å². The smallest absolute Gasteiger partial charge is 0.164 e. The standard InChI is InChI=1S/C15H13BrClN3O/c1-2-21-12-5-3-4-11(7-12)20-14(8-17)19-13-6-10(16)9-18-15(13)20/h3-7,9H,2,8H2,1H3. The van der Waals surface area contributed by atoms with E-state index in [0.717, 1.165) is 32.9 Å². The molecule has 108 valence electrons. The van der Waals surface area contributed by atoms with Crippen molar-refractivity contribution in [3.63, 3.8) is 0 Å². The zero-order chi connectivity index (χ0) is 14.8. The molecule has 0 fully saturated rings. The predicted octanol–water partition coefficient (Wildman–Crippen LogP) is 4.32. The highest BCUT2D eigenvalue weighted by molar-refractivity contribution is 9.10. The third-order valence-electron chi connectivity index (χ3n) is 3.04. The van der Waals surface area contributed by atoms with Crippen molar-refractivity contribution in [3.8, 4) is 11.4 Å². The van der Waals surface area contributed by atoms with E-state index in [-0.39, 0.29) is 0 Å². The van der Waals surface area contributed by atoms with Gasteiger partial charge in [-0.05, 0) is 41.1 Å². The van der Waals surface area contributed by atoms with Crippen molar-refractivity contribution in [1.82, 2.24) is 14.5 Å². The van der Waals surface area contributed by atoms with E-state index in [4.69, 9.17) is 16.3 Å².